The van der Waals surface area contributed by atoms with E-state index < -0.39 is 6.36 Å². The summed E-state index contributed by atoms with van der Waals surface area (Å²) < 4.78 is 53.5. The number of aryl methyl sites for hydroxylation is 1. The van der Waals surface area contributed by atoms with E-state index in [1.807, 2.05) is 19.1 Å². The average Bonchev–Trinajstić information content (AvgIpc) is 3.27. The van der Waals surface area contributed by atoms with Gasteiger partial charge in [-0.25, -0.2) is 9.97 Å². The molecule has 1 atom stereocenters. The highest BCUT2D eigenvalue weighted by Gasteiger charge is 2.32. The summed E-state index contributed by atoms with van der Waals surface area (Å²) in [5, 5.41) is 4.16. The molecule has 0 spiro atoms. The molecule has 178 valence electrons. The third-order valence-electron chi connectivity index (χ3n) is 5.10. The van der Waals surface area contributed by atoms with Crippen LogP contribution in [0.2, 0.25) is 0 Å². The van der Waals surface area contributed by atoms with Crippen LogP contribution >= 0.6 is 11.3 Å². The number of anilines is 1. The van der Waals surface area contributed by atoms with Crippen molar-refractivity contribution in [3.05, 3.63) is 59.2 Å². The van der Waals surface area contributed by atoms with E-state index >= 15 is 0 Å². The molecule has 0 radical (unpaired) electrons. The number of thiophene rings is 1. The van der Waals surface area contributed by atoms with E-state index in [0.717, 1.165) is 10.3 Å². The molecule has 2 aromatic heterocycles. The first-order chi connectivity index (χ1) is 16.2. The van der Waals surface area contributed by atoms with Gasteiger partial charge in [0, 0.05) is 26.8 Å². The summed E-state index contributed by atoms with van der Waals surface area (Å²) >= 11 is 1.38. The molecular formula is C24H22F3N3O3S. The van der Waals surface area contributed by atoms with Gasteiger partial charge in [-0.1, -0.05) is 12.1 Å². The molecule has 4 aromatic rings. The van der Waals surface area contributed by atoms with Crippen LogP contribution in [0.5, 0.6) is 17.2 Å². The summed E-state index contributed by atoms with van der Waals surface area (Å²) in [4.78, 5) is 10.6. The number of methoxy groups -OCH3 is 2. The molecule has 1 N–H and O–H groups in total. The molecule has 0 amide bonds. The van der Waals surface area contributed by atoms with Gasteiger partial charge in [0.15, 0.2) is 11.5 Å². The molecule has 0 saturated heterocycles. The van der Waals surface area contributed by atoms with Crippen molar-refractivity contribution in [2.75, 3.05) is 19.5 Å². The molecule has 0 bridgehead atoms. The van der Waals surface area contributed by atoms with Crippen LogP contribution in [-0.2, 0) is 0 Å². The van der Waals surface area contributed by atoms with Crippen molar-refractivity contribution in [1.29, 1.82) is 0 Å². The fraction of sp³-hybridized carbons (Fsp3) is 0.250. The largest absolute Gasteiger partial charge is 0.573 e. The van der Waals surface area contributed by atoms with Gasteiger partial charge in [-0.05, 0) is 44.2 Å². The Morgan fingerprint density at radius 2 is 1.65 bits per heavy atom. The second-order valence-electron chi connectivity index (χ2n) is 7.46. The zero-order chi connectivity index (χ0) is 24.5. The maximum Gasteiger partial charge on any atom is 0.573 e. The molecule has 0 aliphatic carbocycles. The van der Waals surface area contributed by atoms with Crippen molar-refractivity contribution in [2.24, 2.45) is 0 Å². The van der Waals surface area contributed by atoms with Gasteiger partial charge in [0.05, 0.1) is 25.8 Å². The van der Waals surface area contributed by atoms with Gasteiger partial charge >= 0.3 is 6.36 Å². The Bertz CT molecular complexity index is 1320. The second-order valence-corrected chi connectivity index (χ2v) is 8.57. The lowest BCUT2D eigenvalue weighted by molar-refractivity contribution is -0.274. The van der Waals surface area contributed by atoms with Crippen molar-refractivity contribution >= 4 is 28.1 Å². The van der Waals surface area contributed by atoms with Crippen LogP contribution in [0.3, 0.4) is 0 Å². The van der Waals surface area contributed by atoms with Crippen LogP contribution in [0.4, 0.5) is 19.0 Å². The lowest BCUT2D eigenvalue weighted by Crippen LogP contribution is -2.17. The highest BCUT2D eigenvalue weighted by molar-refractivity contribution is 7.15. The van der Waals surface area contributed by atoms with E-state index in [4.69, 9.17) is 9.47 Å². The van der Waals surface area contributed by atoms with Crippen molar-refractivity contribution in [3.63, 3.8) is 0 Å². The third-order valence-corrected chi connectivity index (χ3v) is 6.40. The number of halogens is 3. The van der Waals surface area contributed by atoms with Crippen molar-refractivity contribution in [3.8, 4) is 27.7 Å². The first-order valence-electron chi connectivity index (χ1n) is 10.3. The summed E-state index contributed by atoms with van der Waals surface area (Å²) in [6.45, 7) is 3.75. The van der Waals surface area contributed by atoms with E-state index in [1.54, 1.807) is 45.4 Å². The van der Waals surface area contributed by atoms with Crippen LogP contribution in [0.25, 0.3) is 21.3 Å². The summed E-state index contributed by atoms with van der Waals surface area (Å²) in [7, 11) is 3.12. The number of para-hydroxylation sites is 1. The normalized spacial score (nSPS) is 12.4. The number of hydrogen-bond donors (Lipinski definition) is 1. The monoisotopic (exact) mass is 489 g/mol. The predicted octanol–water partition coefficient (Wildman–Crippen LogP) is 6.76. The topological polar surface area (TPSA) is 65.5 Å². The number of nitrogens with zero attached hydrogens (tertiary/aromatic N) is 2. The number of aromatic nitrogens is 2. The van der Waals surface area contributed by atoms with Crippen LogP contribution < -0.4 is 19.5 Å². The number of hydrogen-bond acceptors (Lipinski definition) is 7. The van der Waals surface area contributed by atoms with E-state index in [-0.39, 0.29) is 11.8 Å². The maximum absolute atomic E-state index is 12.8. The molecule has 4 rings (SSSR count). The Balaban J connectivity index is 1.65. The minimum absolute atomic E-state index is 0.181. The van der Waals surface area contributed by atoms with Gasteiger partial charge in [0.2, 0.25) is 0 Å². The van der Waals surface area contributed by atoms with Gasteiger partial charge in [0.1, 0.15) is 17.4 Å². The molecule has 0 aliphatic heterocycles. The van der Waals surface area contributed by atoms with Crippen molar-refractivity contribution in [1.82, 2.24) is 9.97 Å². The Kier molecular flexibility index (Phi) is 6.52. The predicted molar refractivity (Wildman–Crippen MR) is 126 cm³/mol. The SMILES string of the molecule is COc1cc2nc(C)nc(N[C@@H](C)c3ccc(-c4ccccc4OC(F)(F)F)s3)c2cc1OC. The summed E-state index contributed by atoms with van der Waals surface area (Å²) in [5.41, 5.74) is 1.08. The lowest BCUT2D eigenvalue weighted by Gasteiger charge is -2.17. The van der Waals surface area contributed by atoms with Gasteiger partial charge < -0.3 is 19.5 Å². The van der Waals surface area contributed by atoms with Crippen LogP contribution in [0, 0.1) is 6.92 Å². The molecule has 0 aliphatic rings. The van der Waals surface area contributed by atoms with Gasteiger partial charge in [-0.2, -0.15) is 0 Å². The van der Waals surface area contributed by atoms with Gasteiger partial charge in [0.25, 0.3) is 0 Å². The fourth-order valence-corrected chi connectivity index (χ4v) is 4.61. The lowest BCUT2D eigenvalue weighted by atomic mass is 10.1. The Morgan fingerprint density at radius 1 is 0.941 bits per heavy atom. The zero-order valence-electron chi connectivity index (χ0n) is 18.9. The molecule has 0 fully saturated rings. The van der Waals surface area contributed by atoms with Crippen molar-refractivity contribution in [2.45, 2.75) is 26.3 Å². The molecule has 10 heteroatoms. The molecule has 6 nitrogen and oxygen atoms in total. The Morgan fingerprint density at radius 3 is 2.35 bits per heavy atom. The van der Waals surface area contributed by atoms with E-state index in [9.17, 15) is 13.2 Å². The molecule has 2 heterocycles. The third kappa shape index (κ3) is 5.01. The van der Waals surface area contributed by atoms with Crippen molar-refractivity contribution < 1.29 is 27.4 Å². The van der Waals surface area contributed by atoms with Crippen LogP contribution in [0.15, 0.2) is 48.5 Å². The Hall–Kier alpha value is -3.53. The standard InChI is InChI=1S/C24H22F3N3O3S/c1-13(21-9-10-22(34-21)15-7-5-6-8-18(15)33-24(25,26)27)28-23-16-11-19(31-3)20(32-4)12-17(16)29-14(2)30-23/h5-13H,1-4H3,(H,28,29,30)/t13-/m0/s1. The molecule has 34 heavy (non-hydrogen) atoms. The molecular weight excluding hydrogens is 467 g/mol. The second kappa shape index (κ2) is 9.38. The van der Waals surface area contributed by atoms with Crippen LogP contribution in [0.1, 0.15) is 23.7 Å². The number of rotatable bonds is 7. The molecule has 2 aromatic carbocycles. The van der Waals surface area contributed by atoms with E-state index in [2.05, 4.69) is 20.0 Å². The van der Waals surface area contributed by atoms with Crippen LogP contribution in [-0.4, -0.2) is 30.5 Å². The molecule has 0 saturated carbocycles. The van der Waals surface area contributed by atoms with E-state index in [1.165, 1.54) is 23.5 Å². The zero-order valence-corrected chi connectivity index (χ0v) is 19.7. The quantitative estimate of drug-likeness (QED) is 0.310. The minimum atomic E-state index is -4.76. The number of nitrogens with one attached hydrogen (secondary N) is 1. The maximum atomic E-state index is 12.8. The smallest absolute Gasteiger partial charge is 0.493 e. The number of ether oxygens (including phenoxy) is 3. The summed E-state index contributed by atoms with van der Waals surface area (Å²) in [6, 6.07) is 13.2. The highest BCUT2D eigenvalue weighted by atomic mass is 32.1. The first kappa shape index (κ1) is 23.6. The van der Waals surface area contributed by atoms with E-state index in [0.29, 0.717) is 39.1 Å². The first-order valence-corrected chi connectivity index (χ1v) is 11.1. The fourth-order valence-electron chi connectivity index (χ4n) is 3.57. The van der Waals surface area contributed by atoms with Gasteiger partial charge in [-0.3, -0.25) is 0 Å². The molecule has 0 unspecified atom stereocenters. The summed E-state index contributed by atoms with van der Waals surface area (Å²) in [6.07, 6.45) is -4.76. The number of fused-ring (bicyclic) bond motifs is 1. The minimum Gasteiger partial charge on any atom is -0.493 e. The summed E-state index contributed by atoms with van der Waals surface area (Å²) in [5.74, 6) is 2.08. The number of alkyl halides is 3. The van der Waals surface area contributed by atoms with Gasteiger partial charge in [-0.15, -0.1) is 24.5 Å². The Labute approximate surface area is 198 Å². The highest BCUT2D eigenvalue weighted by Crippen LogP contribution is 2.40. The average molecular weight is 490 g/mol. The number of benzene rings is 2.